The van der Waals surface area contributed by atoms with E-state index in [-0.39, 0.29) is 62.1 Å². The molecule has 8 heteroatoms. The average Bonchev–Trinajstić information content (AvgIpc) is 4.05. The first kappa shape index (κ1) is 35.2. The second-order valence-corrected chi connectivity index (χ2v) is 24.1. The van der Waals surface area contributed by atoms with Crippen molar-refractivity contribution in [1.29, 1.82) is 0 Å². The number of benzene rings is 6. The van der Waals surface area contributed by atoms with Crippen LogP contribution in [0.5, 0.6) is 0 Å². The monoisotopic (exact) mass is 1090 g/mol. The maximum atomic E-state index is 8.54. The van der Waals surface area contributed by atoms with Crippen molar-refractivity contribution in [2.24, 2.45) is 0 Å². The molecule has 0 fully saturated rings. The maximum Gasteiger partial charge on any atom is 0 e. The number of hydrogen-bond donors (Lipinski definition) is 0. The number of aryl methyl sites for hydroxylation is 2. The van der Waals surface area contributed by atoms with Crippen LogP contribution in [0.3, 0.4) is 0 Å². The summed E-state index contributed by atoms with van der Waals surface area (Å²) in [6.07, 6.45) is 1.29. The van der Waals surface area contributed by atoms with Gasteiger partial charge < -0.3 is 4.98 Å². The molecule has 0 aliphatic heterocycles. The maximum absolute atomic E-state index is 8.54. The Morgan fingerprint density at radius 2 is 1.49 bits per heavy atom. The molecule has 0 N–H and O–H groups in total. The zero-order chi connectivity index (χ0) is 50.1. The van der Waals surface area contributed by atoms with E-state index >= 15 is 0 Å². The third kappa shape index (κ3) is 8.85. The van der Waals surface area contributed by atoms with Gasteiger partial charge in [-0.05, 0) is 29.7 Å². The van der Waals surface area contributed by atoms with E-state index in [0.717, 1.165) is 48.7 Å². The number of aromatic nitrogens is 4. The topological polar surface area (TPSA) is 56.7 Å². The molecule has 1 radical (unpaired) electrons. The van der Waals surface area contributed by atoms with Gasteiger partial charge in [0.1, 0.15) is 0 Å². The Kier molecular flexibility index (Phi) is 10.1. The largest absolute Gasteiger partial charge is 0 e. The van der Waals surface area contributed by atoms with Crippen molar-refractivity contribution < 1.29 is 35.5 Å². The molecule has 4 aromatic heterocycles. The molecule has 0 amide bonds. The molecule has 0 aliphatic rings. The Morgan fingerprint density at radius 1 is 0.762 bits per heavy atom. The molecule has 319 valence electrons. The van der Waals surface area contributed by atoms with Crippen molar-refractivity contribution in [3.05, 3.63) is 166 Å². The van der Waals surface area contributed by atoms with E-state index in [9.17, 15) is 0 Å². The summed E-state index contributed by atoms with van der Waals surface area (Å²) >= 11 is -0.372. The molecule has 10 rings (SSSR count). The van der Waals surface area contributed by atoms with Crippen LogP contribution in [0, 0.1) is 25.8 Å². The number of furan rings is 1. The SMILES string of the molecule is [2H]C([2H])([2H])c1cnc(-c2[c-]cccc2)cc1C([2H])([2H])[Si](C)(C)C.[2H]C([2H])([2H])c1nc2c(ccc3c4cc[c-]c(-c5nc6ccccc6n5-c5c(C(C)C)cc(-c6ccccc6)cc5C(C)C)c4oc32)[se]1.[Ir]. The van der Waals surface area contributed by atoms with Crippen LogP contribution in [0.4, 0.5) is 0 Å². The number of pyridine rings is 1. The van der Waals surface area contributed by atoms with Gasteiger partial charge in [0.15, 0.2) is 0 Å². The van der Waals surface area contributed by atoms with Crippen molar-refractivity contribution in [1.82, 2.24) is 19.5 Å². The molecule has 63 heavy (non-hydrogen) atoms. The zero-order valence-corrected chi connectivity index (χ0v) is 41.3. The van der Waals surface area contributed by atoms with E-state index < -0.39 is 27.8 Å². The van der Waals surface area contributed by atoms with Crippen molar-refractivity contribution in [3.8, 4) is 39.5 Å². The van der Waals surface area contributed by atoms with Crippen LogP contribution in [0.25, 0.3) is 82.2 Å². The van der Waals surface area contributed by atoms with Gasteiger partial charge in [0.25, 0.3) is 0 Å². The van der Waals surface area contributed by atoms with E-state index in [0.29, 0.717) is 22.4 Å². The standard InChI is InChI=1S/C39H32N3OSe.C16H20NSi.Ir/c1-22(2)30-20-26(25-12-7-6-8-13-25)21-31(23(3)4)36(30)42-33-17-10-9-16-32(33)41-39(42)29-15-11-14-27-28-18-19-34-35(40-24(5)44-34)38(28)43-37(27)29;1-13-11-17-16(14-8-6-5-7-9-14)10-15(13)12-18(2,3)4;/h6-14,16-23H,1-5H3;5-8,10-11H,12H2,1-4H3;/q2*-1;/i5D3;1D3,12D2;. The smallest absolute Gasteiger partial charge is 0 e. The van der Waals surface area contributed by atoms with Gasteiger partial charge in [0.2, 0.25) is 0 Å². The number of para-hydroxylation sites is 2. The fraction of sp³-hybridized carbons (Fsp3) is 0.218. The number of imidazole rings is 1. The van der Waals surface area contributed by atoms with E-state index in [1.54, 1.807) is 12.1 Å². The van der Waals surface area contributed by atoms with Gasteiger partial charge in [-0.15, -0.1) is 35.9 Å². The molecule has 0 aliphatic carbocycles. The van der Waals surface area contributed by atoms with Gasteiger partial charge >= 0.3 is 232 Å². The fourth-order valence-electron chi connectivity index (χ4n) is 8.05. The molecule has 6 aromatic carbocycles. The summed E-state index contributed by atoms with van der Waals surface area (Å²) in [4.78, 5) is 14.1. The summed E-state index contributed by atoms with van der Waals surface area (Å²) in [5.74, 6) is -0.454. The molecule has 10 aromatic rings. The van der Waals surface area contributed by atoms with Crippen LogP contribution in [0.15, 0.2) is 132 Å². The molecule has 0 bridgehead atoms. The summed E-state index contributed by atoms with van der Waals surface area (Å²) in [5, 5.41) is 1.83. The second kappa shape index (κ2) is 18.1. The van der Waals surface area contributed by atoms with Crippen LogP contribution in [0.1, 0.15) is 77.3 Å². The Balaban J connectivity index is 0.000000238. The second-order valence-electron chi connectivity index (χ2n) is 17.2. The van der Waals surface area contributed by atoms with Gasteiger partial charge in [-0.2, -0.15) is 0 Å². The summed E-state index contributed by atoms with van der Waals surface area (Å²) in [5.41, 5.74) is 12.0. The first-order chi connectivity index (χ1) is 33.0. The van der Waals surface area contributed by atoms with Crippen LogP contribution >= 0.6 is 0 Å². The third-order valence-electron chi connectivity index (χ3n) is 10.9. The Bertz CT molecular complexity index is 3530. The minimum atomic E-state index is -2.39. The number of fused-ring (bicyclic) bond motifs is 6. The molecule has 0 atom stereocenters. The number of nitrogens with zero attached hydrogens (tertiary/aromatic N) is 4. The quantitative estimate of drug-likeness (QED) is 0.112. The van der Waals surface area contributed by atoms with E-state index in [1.807, 2.05) is 68.2 Å². The zero-order valence-electron chi connectivity index (χ0n) is 44.2. The van der Waals surface area contributed by atoms with Crippen LogP contribution < -0.4 is 0 Å². The summed E-state index contributed by atoms with van der Waals surface area (Å²) in [6, 6.07) is 46.8. The van der Waals surface area contributed by atoms with Gasteiger partial charge in [-0.1, -0.05) is 61.6 Å². The average molecular weight is 1090 g/mol. The molecule has 0 saturated carbocycles. The van der Waals surface area contributed by atoms with Crippen molar-refractivity contribution in [3.63, 3.8) is 0 Å². The Hall–Kier alpha value is -5.20. The van der Waals surface area contributed by atoms with E-state index in [1.165, 1.54) is 28.5 Å². The number of hydrogen-bond acceptors (Lipinski definition) is 4. The van der Waals surface area contributed by atoms with E-state index in [4.69, 9.17) is 20.4 Å². The number of rotatable bonds is 8. The normalized spacial score (nSPS) is 14.3. The fourth-order valence-corrected chi connectivity index (χ4v) is 10.6. The third-order valence-corrected chi connectivity index (χ3v) is 13.7. The van der Waals surface area contributed by atoms with Crippen LogP contribution in [0.2, 0.25) is 19.6 Å². The van der Waals surface area contributed by atoms with Crippen LogP contribution in [-0.2, 0) is 26.1 Å². The minimum absolute atomic E-state index is 0. The molecular formula is C55H52IrN4OSeSi-2. The molecule has 0 saturated heterocycles. The predicted molar refractivity (Wildman–Crippen MR) is 264 cm³/mol. The molecule has 0 spiro atoms. The molecule has 5 nitrogen and oxygen atoms in total. The molecule has 4 heterocycles. The van der Waals surface area contributed by atoms with Crippen LogP contribution in [-0.4, -0.2) is 42.1 Å². The first-order valence-electron chi connectivity index (χ1n) is 24.9. The van der Waals surface area contributed by atoms with Gasteiger partial charge in [0.05, 0.1) is 0 Å². The Morgan fingerprint density at radius 3 is 2.19 bits per heavy atom. The van der Waals surface area contributed by atoms with Gasteiger partial charge in [0, 0.05) is 41.2 Å². The minimum Gasteiger partial charge on any atom is 0 e. The predicted octanol–water partition coefficient (Wildman–Crippen LogP) is 14.5. The van der Waals surface area contributed by atoms with Crippen molar-refractivity contribution in [2.75, 3.05) is 0 Å². The summed E-state index contributed by atoms with van der Waals surface area (Å²) in [6.45, 7) is 10.1. The summed E-state index contributed by atoms with van der Waals surface area (Å²) < 4.78 is 74.2. The Labute approximate surface area is 403 Å². The van der Waals surface area contributed by atoms with Gasteiger partial charge in [-0.25, -0.2) is 0 Å². The van der Waals surface area contributed by atoms with Crippen molar-refractivity contribution >= 4 is 65.3 Å². The molecular weight excluding hydrogens is 1030 g/mol. The van der Waals surface area contributed by atoms with Crippen molar-refractivity contribution in [2.45, 2.75) is 78.9 Å². The molecule has 0 unspecified atom stereocenters. The van der Waals surface area contributed by atoms with E-state index in [2.05, 4.69) is 115 Å². The van der Waals surface area contributed by atoms with Gasteiger partial charge in [-0.3, -0.25) is 0 Å². The first-order valence-corrected chi connectivity index (χ1v) is 26.1. The summed E-state index contributed by atoms with van der Waals surface area (Å²) in [7, 11) is -2.31.